The van der Waals surface area contributed by atoms with Gasteiger partial charge in [-0.25, -0.2) is 0 Å². The molecule has 4 saturated heterocycles. The highest BCUT2D eigenvalue weighted by atomic mass is 16.8. The number of ether oxygens (including phenoxy) is 8. The molecule has 4 fully saturated rings. The molecule has 55 heavy (non-hydrogen) atoms. The van der Waals surface area contributed by atoms with Gasteiger partial charge >= 0.3 is 0 Å². The third kappa shape index (κ3) is 9.78. The van der Waals surface area contributed by atoms with E-state index in [1.165, 1.54) is 0 Å². The highest BCUT2D eigenvalue weighted by Gasteiger charge is 2.55. The van der Waals surface area contributed by atoms with Gasteiger partial charge in [0.15, 0.2) is 25.2 Å². The molecule has 314 valence electrons. The lowest BCUT2D eigenvalue weighted by Crippen LogP contribution is -2.69. The Labute approximate surface area is 313 Å². The van der Waals surface area contributed by atoms with Crippen molar-refractivity contribution in [2.24, 2.45) is 0 Å². The molecule has 0 aliphatic carbocycles. The van der Waals surface area contributed by atoms with E-state index in [0.29, 0.717) is 0 Å². The predicted molar refractivity (Wildman–Crippen MR) is 174 cm³/mol. The van der Waals surface area contributed by atoms with E-state index in [1.807, 2.05) is 0 Å². The second kappa shape index (κ2) is 19.6. The molecule has 1 amide bonds. The lowest BCUT2D eigenvalue weighted by molar-refractivity contribution is -0.386. The van der Waals surface area contributed by atoms with Crippen molar-refractivity contribution in [1.29, 1.82) is 0 Å². The number of rotatable bonds is 14. The second-order valence-corrected chi connectivity index (χ2v) is 13.7. The molecule has 4 aliphatic rings. The minimum absolute atomic E-state index is 0.0111. The average molecular weight is 798 g/mol. The van der Waals surface area contributed by atoms with Crippen LogP contribution in [0.1, 0.15) is 12.5 Å². The highest BCUT2D eigenvalue weighted by Crippen LogP contribution is 2.34. The summed E-state index contributed by atoms with van der Waals surface area (Å²) in [5, 5.41) is 129. The Morgan fingerprint density at radius 2 is 1.00 bits per heavy atom. The number of aliphatic hydroxyl groups is 12. The molecule has 0 bridgehead atoms. The first-order valence-electron chi connectivity index (χ1n) is 17.6. The van der Waals surface area contributed by atoms with Crippen LogP contribution in [0.2, 0.25) is 0 Å². The quantitative estimate of drug-likeness (QED) is 0.0831. The van der Waals surface area contributed by atoms with Crippen molar-refractivity contribution in [3.63, 3.8) is 0 Å². The third-order valence-electron chi connectivity index (χ3n) is 9.84. The van der Waals surface area contributed by atoms with Gasteiger partial charge in [0, 0.05) is 6.92 Å². The SMILES string of the molecule is CC(=O)N[C@H]1[C@H](O[C@H]2[C@@H](O)[C@@H](CO)O[C@H](O[C@@H]3[C@H](O)[C@@H](O)[C@H](O[C@H]4[C@H](O)[C@@H](O)C(OCc5ccccc5)O[C@@H]4CO)O[C@@H]3CO)[C@@H]2O)O[C@H](CO)[C@H](O)[C@@H]1O. The van der Waals surface area contributed by atoms with Gasteiger partial charge < -0.3 is 104 Å². The zero-order chi connectivity index (χ0) is 40.1. The molecule has 22 heteroatoms. The van der Waals surface area contributed by atoms with Crippen molar-refractivity contribution in [2.45, 2.75) is 136 Å². The highest BCUT2D eigenvalue weighted by molar-refractivity contribution is 5.73. The molecule has 0 saturated carbocycles. The maximum absolute atomic E-state index is 11.9. The first-order valence-corrected chi connectivity index (χ1v) is 17.6. The minimum Gasteiger partial charge on any atom is -0.394 e. The van der Waals surface area contributed by atoms with Gasteiger partial charge in [0.2, 0.25) is 5.91 Å². The van der Waals surface area contributed by atoms with Crippen LogP contribution >= 0.6 is 0 Å². The van der Waals surface area contributed by atoms with Crippen LogP contribution in [0, 0.1) is 0 Å². The van der Waals surface area contributed by atoms with E-state index in [9.17, 15) is 66.1 Å². The van der Waals surface area contributed by atoms with E-state index in [-0.39, 0.29) is 6.61 Å². The fourth-order valence-electron chi connectivity index (χ4n) is 6.82. The van der Waals surface area contributed by atoms with Crippen molar-refractivity contribution in [1.82, 2.24) is 5.32 Å². The van der Waals surface area contributed by atoms with E-state index in [1.54, 1.807) is 30.3 Å². The average Bonchev–Trinajstić information content (AvgIpc) is 3.18. The molecule has 13 N–H and O–H groups in total. The Hall–Kier alpha value is -2.11. The summed E-state index contributed by atoms with van der Waals surface area (Å²) in [6, 6.07) is 7.36. The summed E-state index contributed by atoms with van der Waals surface area (Å²) in [5.74, 6) is -0.689. The van der Waals surface area contributed by atoms with Gasteiger partial charge in [-0.15, -0.1) is 0 Å². The van der Waals surface area contributed by atoms with Crippen molar-refractivity contribution in [3.8, 4) is 0 Å². The van der Waals surface area contributed by atoms with Gasteiger partial charge in [0.1, 0.15) is 97.6 Å². The molecular weight excluding hydrogens is 746 g/mol. The number of carbonyl (C=O) groups excluding carboxylic acids is 1. The molecule has 4 aliphatic heterocycles. The first kappa shape index (κ1) is 44.0. The minimum atomic E-state index is -2.02. The van der Waals surface area contributed by atoms with Gasteiger partial charge in [0.05, 0.1) is 33.0 Å². The Kier molecular flexibility index (Phi) is 15.6. The summed E-state index contributed by atoms with van der Waals surface area (Å²) in [5.41, 5.74) is 0.731. The molecule has 4 heterocycles. The van der Waals surface area contributed by atoms with Crippen LogP contribution < -0.4 is 5.32 Å². The molecule has 1 aromatic carbocycles. The zero-order valence-electron chi connectivity index (χ0n) is 29.5. The summed E-state index contributed by atoms with van der Waals surface area (Å²) in [4.78, 5) is 11.9. The molecular formula is C33H51NO21. The number of benzene rings is 1. The van der Waals surface area contributed by atoms with Crippen molar-refractivity contribution in [2.75, 3.05) is 26.4 Å². The number of nitrogens with one attached hydrogen (secondary N) is 1. The molecule has 1 aromatic rings. The van der Waals surface area contributed by atoms with Crippen molar-refractivity contribution >= 4 is 5.91 Å². The van der Waals surface area contributed by atoms with Crippen LogP contribution in [-0.4, -0.2) is 216 Å². The smallest absolute Gasteiger partial charge is 0.217 e. The first-order chi connectivity index (χ1) is 26.2. The van der Waals surface area contributed by atoms with Gasteiger partial charge in [-0.1, -0.05) is 30.3 Å². The number of hydrogen-bond donors (Lipinski definition) is 13. The van der Waals surface area contributed by atoms with Crippen LogP contribution in [0.15, 0.2) is 30.3 Å². The van der Waals surface area contributed by atoms with Gasteiger partial charge in [0.25, 0.3) is 0 Å². The molecule has 20 atom stereocenters. The summed E-state index contributed by atoms with van der Waals surface area (Å²) in [6.07, 6.45) is -32.6. The Morgan fingerprint density at radius 1 is 0.545 bits per heavy atom. The summed E-state index contributed by atoms with van der Waals surface area (Å²) < 4.78 is 45.2. The van der Waals surface area contributed by atoms with Crippen LogP contribution in [-0.2, 0) is 49.3 Å². The monoisotopic (exact) mass is 797 g/mol. The lowest BCUT2D eigenvalue weighted by Gasteiger charge is -2.49. The van der Waals surface area contributed by atoms with Crippen LogP contribution in [0.25, 0.3) is 0 Å². The number of aliphatic hydroxyl groups excluding tert-OH is 12. The van der Waals surface area contributed by atoms with E-state index < -0.39 is 155 Å². The summed E-state index contributed by atoms with van der Waals surface area (Å²) in [7, 11) is 0. The van der Waals surface area contributed by atoms with E-state index in [4.69, 9.17) is 37.9 Å². The van der Waals surface area contributed by atoms with Gasteiger partial charge in [-0.05, 0) is 5.56 Å². The number of hydrogen-bond acceptors (Lipinski definition) is 21. The summed E-state index contributed by atoms with van der Waals surface area (Å²) in [6.45, 7) is -2.27. The standard InChI is InChI=1S/C33H51NO21/c1-12(39)34-18-21(42)19(40)14(7-35)49-30(18)55-29-20(41)15(8-36)50-33(26(29)47)54-28-17(10-38)52-32(25(46)23(28)44)53-27-16(9-37)51-31(24(45)22(27)43)48-11-13-5-3-2-4-6-13/h2-6,14-33,35-38,40-47H,7-11H2,1H3,(H,34,39)/t14-,15-,16-,17-,18-,19+,20+,21-,22-,23-,24-,25-,26-,27-,28+,29+,30+,31?,32+,33-/m1/s1. The number of amides is 1. The number of carbonyl (C=O) groups is 1. The van der Waals surface area contributed by atoms with Crippen LogP contribution in [0.5, 0.6) is 0 Å². The topological polar surface area (TPSA) is 346 Å². The zero-order valence-corrected chi connectivity index (χ0v) is 29.5. The Morgan fingerprint density at radius 3 is 1.55 bits per heavy atom. The van der Waals surface area contributed by atoms with Crippen LogP contribution in [0.3, 0.4) is 0 Å². The normalized spacial score (nSPS) is 45.3. The van der Waals surface area contributed by atoms with Crippen LogP contribution in [0.4, 0.5) is 0 Å². The molecule has 22 nitrogen and oxygen atoms in total. The van der Waals surface area contributed by atoms with Gasteiger partial charge in [-0.3, -0.25) is 4.79 Å². The maximum Gasteiger partial charge on any atom is 0.217 e. The van der Waals surface area contributed by atoms with E-state index >= 15 is 0 Å². The fourth-order valence-corrected chi connectivity index (χ4v) is 6.82. The van der Waals surface area contributed by atoms with Crippen molar-refractivity contribution < 1.29 is 104 Å². The molecule has 1 unspecified atom stereocenters. The molecule has 0 radical (unpaired) electrons. The second-order valence-electron chi connectivity index (χ2n) is 13.7. The Balaban J connectivity index is 1.27. The molecule has 0 spiro atoms. The van der Waals surface area contributed by atoms with E-state index in [2.05, 4.69) is 5.32 Å². The van der Waals surface area contributed by atoms with E-state index in [0.717, 1.165) is 12.5 Å². The molecule has 0 aromatic heterocycles. The molecule has 5 rings (SSSR count). The van der Waals surface area contributed by atoms with Gasteiger partial charge in [-0.2, -0.15) is 0 Å². The Bertz CT molecular complexity index is 1330. The largest absolute Gasteiger partial charge is 0.394 e. The third-order valence-corrected chi connectivity index (χ3v) is 9.84. The fraction of sp³-hybridized carbons (Fsp3) is 0.788. The van der Waals surface area contributed by atoms with Crippen molar-refractivity contribution in [3.05, 3.63) is 35.9 Å². The maximum atomic E-state index is 11.9. The summed E-state index contributed by atoms with van der Waals surface area (Å²) >= 11 is 0. The lowest BCUT2D eigenvalue weighted by atomic mass is 9.95. The predicted octanol–water partition coefficient (Wildman–Crippen LogP) is -7.38.